The van der Waals surface area contributed by atoms with Gasteiger partial charge < -0.3 is 24.8 Å². The topological polar surface area (TPSA) is 0 Å². The molecule has 1 heterocycles. The van der Waals surface area contributed by atoms with E-state index in [9.17, 15) is 26.3 Å². The molecule has 0 aromatic heterocycles. The van der Waals surface area contributed by atoms with Crippen molar-refractivity contribution < 1.29 is 71.1 Å². The summed E-state index contributed by atoms with van der Waals surface area (Å²) in [6.45, 7) is 9.14. The molecule has 8 rings (SSSR count). The van der Waals surface area contributed by atoms with E-state index >= 15 is 0 Å². The number of rotatable bonds is 8. The predicted octanol–water partition coefficient (Wildman–Crippen LogP) is 9.05. The van der Waals surface area contributed by atoms with Crippen LogP contribution in [0.5, 0.6) is 0 Å². The Kier molecular flexibility index (Phi) is 11.9. The summed E-state index contributed by atoms with van der Waals surface area (Å²) < 4.78 is 83.5. The van der Waals surface area contributed by atoms with Crippen LogP contribution in [0.1, 0.15) is 107 Å². The SMILES string of the molecule is CC(C)CC1=Cc2c(-c3ccc(C(F)(F)F)cc3)cccc2[CH]1[Hf+2]1([CH]2C(CC(C)C)=Cc3c(-c4ccc(C(F)(F)F)cc4)cccc32)[CH]2CCCC[CH]21.[Cl-].[Cl-]. The van der Waals surface area contributed by atoms with E-state index < -0.39 is 43.4 Å². The maximum Gasteiger partial charge on any atom is -1.00 e. The molecule has 4 aromatic carbocycles. The van der Waals surface area contributed by atoms with Crippen LogP contribution in [0.25, 0.3) is 34.4 Å². The first kappa shape index (κ1) is 42.0. The van der Waals surface area contributed by atoms with Crippen molar-refractivity contribution in [1.29, 1.82) is 0 Å². The van der Waals surface area contributed by atoms with Crippen LogP contribution in [0.2, 0.25) is 7.35 Å². The molecule has 4 aliphatic rings. The van der Waals surface area contributed by atoms with E-state index in [4.69, 9.17) is 0 Å². The molecule has 1 saturated heterocycles. The smallest absolute Gasteiger partial charge is 1.00 e. The van der Waals surface area contributed by atoms with Gasteiger partial charge in [0.05, 0.1) is 0 Å². The first-order valence-electron chi connectivity index (χ1n) is 19.2. The maximum absolute atomic E-state index is 13.5. The fourth-order valence-corrected chi connectivity index (χ4v) is 46.1. The third-order valence-corrected chi connectivity index (χ3v) is 37.5. The van der Waals surface area contributed by atoms with Crippen LogP contribution in [0, 0.1) is 11.8 Å². The molecule has 2 fully saturated rings. The minimum absolute atomic E-state index is 0. The Hall–Kier alpha value is -2.61. The quantitative estimate of drug-likeness (QED) is 0.122. The van der Waals surface area contributed by atoms with Crippen molar-refractivity contribution in [3.8, 4) is 22.3 Å². The standard InChI is InChI=1S/2C20H18F3.C6H10.2ClH.Hf/c2*1-13(2)10-14-11-16-4-3-5-18(19(16)12-14)15-6-8-17(9-7-15)20(21,22)23;1-2-4-6-5-3-1;;;/h2*3-9,11-13H,10H2,1-2H3;1-2H,3-6H2;2*1H;/q;;;;;+2/p-2. The Bertz CT molecular complexity index is 1940. The van der Waals surface area contributed by atoms with Gasteiger partial charge in [-0.3, -0.25) is 0 Å². The van der Waals surface area contributed by atoms with Crippen LogP contribution in [0.4, 0.5) is 26.3 Å². The van der Waals surface area contributed by atoms with E-state index in [2.05, 4.69) is 76.2 Å². The molecule has 0 bridgehead atoms. The number of allylic oxidation sites excluding steroid dienone is 2. The summed E-state index contributed by atoms with van der Waals surface area (Å²) in [6.07, 6.45) is 3.11. The Morgan fingerprint density at radius 2 is 0.909 bits per heavy atom. The van der Waals surface area contributed by atoms with E-state index in [0.717, 1.165) is 42.4 Å². The van der Waals surface area contributed by atoms with E-state index in [1.54, 1.807) is 24.3 Å². The molecule has 0 spiro atoms. The van der Waals surface area contributed by atoms with Gasteiger partial charge in [0, 0.05) is 0 Å². The number of hydrogen-bond acceptors (Lipinski definition) is 0. The third-order valence-electron chi connectivity index (χ3n) is 12.6. The van der Waals surface area contributed by atoms with Crippen LogP contribution < -0.4 is 24.8 Å². The van der Waals surface area contributed by atoms with E-state index in [1.165, 1.54) is 83.3 Å². The first-order chi connectivity index (χ1) is 25.2. The second-order valence-electron chi connectivity index (χ2n) is 16.8. The summed E-state index contributed by atoms with van der Waals surface area (Å²) in [5.41, 5.74) is 10.5. The van der Waals surface area contributed by atoms with Crippen LogP contribution in [0.3, 0.4) is 0 Å². The number of fused-ring (bicyclic) bond motifs is 3. The molecule has 1 aliphatic heterocycles. The van der Waals surface area contributed by atoms with Crippen LogP contribution in [-0.2, 0) is 32.3 Å². The summed E-state index contributed by atoms with van der Waals surface area (Å²) in [5, 5.41) is 0. The molecule has 0 nitrogen and oxygen atoms in total. The molecular formula is C46H46Cl2F6Hf. The van der Waals surface area contributed by atoms with Gasteiger partial charge in [-0.25, -0.2) is 0 Å². The van der Waals surface area contributed by atoms with Crippen molar-refractivity contribution in [3.63, 3.8) is 0 Å². The molecule has 0 N–H and O–H groups in total. The Morgan fingerprint density at radius 1 is 0.545 bits per heavy atom. The van der Waals surface area contributed by atoms with Gasteiger partial charge in [-0.2, -0.15) is 0 Å². The fourth-order valence-electron chi connectivity index (χ4n) is 10.8. The van der Waals surface area contributed by atoms with Gasteiger partial charge in [0.1, 0.15) is 0 Å². The molecule has 3 aliphatic carbocycles. The van der Waals surface area contributed by atoms with Crippen molar-refractivity contribution in [1.82, 2.24) is 0 Å². The summed E-state index contributed by atoms with van der Waals surface area (Å²) in [4.78, 5) is 0. The molecule has 290 valence electrons. The molecule has 9 heteroatoms. The van der Waals surface area contributed by atoms with Crippen LogP contribution in [0.15, 0.2) is 96.1 Å². The van der Waals surface area contributed by atoms with Crippen molar-refractivity contribution in [2.75, 3.05) is 0 Å². The van der Waals surface area contributed by atoms with Crippen molar-refractivity contribution in [3.05, 3.63) is 129 Å². The molecule has 4 unspecified atom stereocenters. The second-order valence-corrected chi connectivity index (χ2v) is 33.4. The van der Waals surface area contributed by atoms with Gasteiger partial charge in [-0.05, 0) is 0 Å². The number of halogens is 8. The van der Waals surface area contributed by atoms with Gasteiger partial charge in [0.25, 0.3) is 0 Å². The van der Waals surface area contributed by atoms with E-state index in [1.807, 2.05) is 0 Å². The van der Waals surface area contributed by atoms with Gasteiger partial charge in [-0.15, -0.1) is 0 Å². The van der Waals surface area contributed by atoms with E-state index in [0.29, 0.717) is 19.2 Å². The average molecular weight is 962 g/mol. The molecule has 0 radical (unpaired) electrons. The maximum atomic E-state index is 13.5. The second kappa shape index (κ2) is 15.6. The molecule has 1 saturated carbocycles. The zero-order valence-electron chi connectivity index (χ0n) is 31.5. The fraction of sp³-hybridized carbons (Fsp3) is 0.391. The molecule has 4 aromatic rings. The average Bonchev–Trinajstić information content (AvgIpc) is 3.38. The van der Waals surface area contributed by atoms with Gasteiger partial charge in [0.15, 0.2) is 0 Å². The number of benzene rings is 4. The predicted molar refractivity (Wildman–Crippen MR) is 200 cm³/mol. The first-order valence-corrected chi connectivity index (χ1v) is 27.5. The van der Waals surface area contributed by atoms with Crippen molar-refractivity contribution in [2.24, 2.45) is 11.8 Å². The molecule has 0 amide bonds. The van der Waals surface area contributed by atoms with Gasteiger partial charge in [-0.1, -0.05) is 0 Å². The summed E-state index contributed by atoms with van der Waals surface area (Å²) in [6, 6.07) is 24.3. The van der Waals surface area contributed by atoms with Gasteiger partial charge >= 0.3 is 315 Å². The van der Waals surface area contributed by atoms with Crippen molar-refractivity contribution >= 4 is 12.2 Å². The normalized spacial score (nSPS) is 22.8. The van der Waals surface area contributed by atoms with Crippen LogP contribution >= 0.6 is 0 Å². The summed E-state index contributed by atoms with van der Waals surface area (Å²) in [5.74, 6) is 0.901. The third kappa shape index (κ3) is 7.37. The molecule has 55 heavy (non-hydrogen) atoms. The monoisotopic (exact) mass is 962 g/mol. The number of hydrogen-bond donors (Lipinski definition) is 0. The minimum Gasteiger partial charge on any atom is -1.00 e. The van der Waals surface area contributed by atoms with Crippen LogP contribution in [-0.4, -0.2) is 0 Å². The molecule has 4 atom stereocenters. The van der Waals surface area contributed by atoms with Gasteiger partial charge in [0.2, 0.25) is 0 Å². The zero-order chi connectivity index (χ0) is 37.4. The summed E-state index contributed by atoms with van der Waals surface area (Å²) in [7, 11) is 0. The zero-order valence-corrected chi connectivity index (χ0v) is 36.6. The molecular weight excluding hydrogens is 916 g/mol. The largest absolute Gasteiger partial charge is 1.00 e. The Labute approximate surface area is 338 Å². The minimum atomic E-state index is -4.39. The summed E-state index contributed by atoms with van der Waals surface area (Å²) >= 11 is -3.63. The Morgan fingerprint density at radius 3 is 1.24 bits per heavy atom. The van der Waals surface area contributed by atoms with Crippen molar-refractivity contribution in [2.45, 2.75) is 93.3 Å². The Balaban J connectivity index is 0.00000257. The van der Waals surface area contributed by atoms with E-state index in [-0.39, 0.29) is 24.8 Å². The number of alkyl halides is 6.